The average molecular weight is 395 g/mol. The number of carbonyl (C=O) groups is 1. The zero-order chi connectivity index (χ0) is 18.6. The summed E-state index contributed by atoms with van der Waals surface area (Å²) in [4.78, 5) is 19.9. The number of benzene rings is 1. The molecule has 4 aromatic rings. The second-order valence-electron chi connectivity index (χ2n) is 6.21. The first-order chi connectivity index (χ1) is 13.2. The Labute approximate surface area is 165 Å². The van der Waals surface area contributed by atoms with Crippen LogP contribution >= 0.6 is 22.7 Å². The molecule has 4 rings (SSSR count). The van der Waals surface area contributed by atoms with Crippen LogP contribution in [0.4, 0.5) is 0 Å². The Hall–Kier alpha value is -2.77. The highest BCUT2D eigenvalue weighted by molar-refractivity contribution is 7.20. The number of thiazole rings is 1. The van der Waals surface area contributed by atoms with Gasteiger partial charge in [0.2, 0.25) is 0 Å². The Morgan fingerprint density at radius 1 is 1.11 bits per heavy atom. The van der Waals surface area contributed by atoms with Crippen molar-refractivity contribution in [2.45, 2.75) is 13.1 Å². The first kappa shape index (κ1) is 17.6. The zero-order valence-electron chi connectivity index (χ0n) is 14.8. The Balaban J connectivity index is 1.40. The van der Waals surface area contributed by atoms with E-state index in [1.807, 2.05) is 58.2 Å². The van der Waals surface area contributed by atoms with Gasteiger partial charge in [0.25, 0.3) is 5.91 Å². The van der Waals surface area contributed by atoms with Gasteiger partial charge < -0.3 is 4.90 Å². The first-order valence-electron chi connectivity index (χ1n) is 8.49. The maximum Gasteiger partial charge on any atom is 0.273 e. The number of thiophene rings is 1. The van der Waals surface area contributed by atoms with Crippen LogP contribution in [0.5, 0.6) is 0 Å². The van der Waals surface area contributed by atoms with Gasteiger partial charge in [-0.2, -0.15) is 5.10 Å². The Morgan fingerprint density at radius 2 is 1.96 bits per heavy atom. The van der Waals surface area contributed by atoms with Crippen molar-refractivity contribution in [2.75, 3.05) is 7.05 Å². The van der Waals surface area contributed by atoms with Crippen molar-refractivity contribution in [2.24, 2.45) is 0 Å². The Morgan fingerprint density at radius 3 is 2.74 bits per heavy atom. The molecule has 0 unspecified atom stereocenters. The van der Waals surface area contributed by atoms with E-state index < -0.39 is 0 Å². The smallest absolute Gasteiger partial charge is 0.273 e. The molecule has 7 heteroatoms. The van der Waals surface area contributed by atoms with Gasteiger partial charge in [-0.25, -0.2) is 4.98 Å². The number of hydrogen-bond donors (Lipinski definition) is 0. The van der Waals surface area contributed by atoms with Crippen molar-refractivity contribution in [3.05, 3.63) is 82.4 Å². The van der Waals surface area contributed by atoms with Crippen LogP contribution in [0.2, 0.25) is 0 Å². The number of amides is 1. The lowest BCUT2D eigenvalue weighted by molar-refractivity contribution is 0.0780. The largest absolute Gasteiger partial charge is 0.336 e. The summed E-state index contributed by atoms with van der Waals surface area (Å²) in [7, 11) is 1.79. The molecule has 0 aliphatic heterocycles. The maximum atomic E-state index is 12.7. The SMILES string of the molecule is CN(Cc1cnn(Cc2ccccc2)c1)C(=O)c1csc(-c2cccs2)n1. The molecule has 0 saturated heterocycles. The van der Waals surface area contributed by atoms with Gasteiger partial charge in [-0.1, -0.05) is 36.4 Å². The topological polar surface area (TPSA) is 51.0 Å². The van der Waals surface area contributed by atoms with Crippen molar-refractivity contribution in [1.82, 2.24) is 19.7 Å². The summed E-state index contributed by atoms with van der Waals surface area (Å²) in [6.45, 7) is 1.22. The number of carbonyl (C=O) groups excluding carboxylic acids is 1. The highest BCUT2D eigenvalue weighted by Crippen LogP contribution is 2.28. The lowest BCUT2D eigenvalue weighted by Crippen LogP contribution is -2.26. The molecular weight excluding hydrogens is 376 g/mol. The molecular formula is C20H18N4OS2. The van der Waals surface area contributed by atoms with Gasteiger partial charge in [0, 0.05) is 30.7 Å². The van der Waals surface area contributed by atoms with Crippen molar-refractivity contribution in [3.63, 3.8) is 0 Å². The van der Waals surface area contributed by atoms with Gasteiger partial charge in [-0.05, 0) is 17.0 Å². The van der Waals surface area contributed by atoms with E-state index in [1.165, 1.54) is 16.9 Å². The van der Waals surface area contributed by atoms with Crippen LogP contribution in [-0.2, 0) is 13.1 Å². The van der Waals surface area contributed by atoms with Crippen LogP contribution in [0, 0.1) is 0 Å². The van der Waals surface area contributed by atoms with Crippen LogP contribution < -0.4 is 0 Å². The quantitative estimate of drug-likeness (QED) is 0.487. The fourth-order valence-corrected chi connectivity index (χ4v) is 4.38. The maximum absolute atomic E-state index is 12.7. The summed E-state index contributed by atoms with van der Waals surface area (Å²) in [6, 6.07) is 14.2. The molecule has 3 heterocycles. The summed E-state index contributed by atoms with van der Waals surface area (Å²) in [5.74, 6) is -0.0788. The van der Waals surface area contributed by atoms with Gasteiger partial charge >= 0.3 is 0 Å². The molecule has 0 atom stereocenters. The first-order valence-corrected chi connectivity index (χ1v) is 10.2. The zero-order valence-corrected chi connectivity index (χ0v) is 16.4. The van der Waals surface area contributed by atoms with E-state index in [0.717, 1.165) is 22.0 Å². The van der Waals surface area contributed by atoms with Gasteiger partial charge in [-0.15, -0.1) is 22.7 Å². The number of rotatable bonds is 6. The highest BCUT2D eigenvalue weighted by atomic mass is 32.1. The Bertz CT molecular complexity index is 1020. The summed E-state index contributed by atoms with van der Waals surface area (Å²) < 4.78 is 1.89. The van der Waals surface area contributed by atoms with Crippen molar-refractivity contribution < 1.29 is 4.79 Å². The van der Waals surface area contributed by atoms with Gasteiger partial charge in [0.1, 0.15) is 10.7 Å². The molecule has 0 aliphatic rings. The van der Waals surface area contributed by atoms with E-state index in [4.69, 9.17) is 0 Å². The minimum absolute atomic E-state index is 0.0788. The molecule has 0 fully saturated rings. The monoisotopic (exact) mass is 394 g/mol. The predicted octanol–water partition coefficient (Wildman–Crippen LogP) is 4.39. The third-order valence-electron chi connectivity index (χ3n) is 4.10. The lowest BCUT2D eigenvalue weighted by Gasteiger charge is -2.14. The number of hydrogen-bond acceptors (Lipinski definition) is 5. The normalized spacial score (nSPS) is 10.9. The van der Waals surface area contributed by atoms with Crippen LogP contribution in [0.25, 0.3) is 9.88 Å². The van der Waals surface area contributed by atoms with Gasteiger partial charge in [-0.3, -0.25) is 9.48 Å². The van der Waals surface area contributed by atoms with Crippen molar-refractivity contribution in [1.29, 1.82) is 0 Å². The summed E-state index contributed by atoms with van der Waals surface area (Å²) in [5, 5.41) is 9.12. The summed E-state index contributed by atoms with van der Waals surface area (Å²) in [6.07, 6.45) is 3.79. The standard InChI is InChI=1S/C20H18N4OS2/c1-23(20(25)17-14-27-19(22-17)18-8-5-9-26-18)11-16-10-21-24(13-16)12-15-6-3-2-4-7-15/h2-10,13-14H,11-12H2,1H3. The highest BCUT2D eigenvalue weighted by Gasteiger charge is 2.17. The fraction of sp³-hybridized carbons (Fsp3) is 0.150. The number of aromatic nitrogens is 3. The molecule has 0 aliphatic carbocycles. The fourth-order valence-electron chi connectivity index (χ4n) is 2.77. The third-order valence-corrected chi connectivity index (χ3v) is 5.98. The van der Waals surface area contributed by atoms with E-state index in [2.05, 4.69) is 22.2 Å². The van der Waals surface area contributed by atoms with E-state index in [1.54, 1.807) is 23.3 Å². The van der Waals surface area contributed by atoms with E-state index >= 15 is 0 Å². The molecule has 136 valence electrons. The van der Waals surface area contributed by atoms with E-state index in [0.29, 0.717) is 12.2 Å². The molecule has 27 heavy (non-hydrogen) atoms. The van der Waals surface area contributed by atoms with Crippen molar-refractivity contribution in [3.8, 4) is 9.88 Å². The number of nitrogens with zero attached hydrogens (tertiary/aromatic N) is 4. The van der Waals surface area contributed by atoms with Crippen LogP contribution in [0.3, 0.4) is 0 Å². The average Bonchev–Trinajstić information content (AvgIpc) is 3.43. The summed E-state index contributed by atoms with van der Waals surface area (Å²) in [5.41, 5.74) is 2.68. The molecule has 3 aromatic heterocycles. The molecule has 5 nitrogen and oxygen atoms in total. The van der Waals surface area contributed by atoms with Crippen LogP contribution in [-0.4, -0.2) is 32.6 Å². The summed E-state index contributed by atoms with van der Waals surface area (Å²) >= 11 is 3.13. The van der Waals surface area contributed by atoms with E-state index in [-0.39, 0.29) is 5.91 Å². The molecule has 1 aromatic carbocycles. The van der Waals surface area contributed by atoms with Gasteiger partial charge in [0.15, 0.2) is 0 Å². The Kier molecular flexibility index (Phi) is 5.13. The second-order valence-corrected chi connectivity index (χ2v) is 8.01. The van der Waals surface area contributed by atoms with Gasteiger partial charge in [0.05, 0.1) is 17.6 Å². The molecule has 0 N–H and O–H groups in total. The molecule has 1 amide bonds. The second kappa shape index (κ2) is 7.85. The third kappa shape index (κ3) is 4.15. The minimum atomic E-state index is -0.0788. The van der Waals surface area contributed by atoms with Crippen molar-refractivity contribution >= 4 is 28.6 Å². The van der Waals surface area contributed by atoms with E-state index in [9.17, 15) is 4.79 Å². The van der Waals surface area contributed by atoms with Crippen LogP contribution in [0.1, 0.15) is 21.6 Å². The molecule has 0 bridgehead atoms. The lowest BCUT2D eigenvalue weighted by atomic mass is 10.2. The molecule has 0 radical (unpaired) electrons. The van der Waals surface area contributed by atoms with Crippen LogP contribution in [0.15, 0.2) is 65.6 Å². The molecule has 0 spiro atoms. The predicted molar refractivity (Wildman–Crippen MR) is 109 cm³/mol. The minimum Gasteiger partial charge on any atom is -0.336 e. The molecule has 0 saturated carbocycles.